The van der Waals surface area contributed by atoms with Gasteiger partial charge in [-0.05, 0) is 44.6 Å². The molecule has 0 bridgehead atoms. The van der Waals surface area contributed by atoms with Crippen LogP contribution in [0.5, 0.6) is 0 Å². The van der Waals surface area contributed by atoms with Gasteiger partial charge in [0.05, 0.1) is 6.04 Å². The van der Waals surface area contributed by atoms with Crippen molar-refractivity contribution in [3.63, 3.8) is 0 Å². The topological polar surface area (TPSA) is 69.7 Å². The highest BCUT2D eigenvalue weighted by atomic mass is 35.5. The number of urea groups is 1. The number of hydrogen-bond acceptors (Lipinski definition) is 4. The Labute approximate surface area is 183 Å². The monoisotopic (exact) mass is 429 g/mol. The zero-order valence-corrected chi connectivity index (χ0v) is 18.3. The zero-order chi connectivity index (χ0) is 21.0. The van der Waals surface area contributed by atoms with E-state index in [1.807, 2.05) is 55.4 Å². The molecule has 160 valence electrons. The molecule has 2 aromatic rings. The average Bonchev–Trinajstić information content (AvgIpc) is 2.72. The molecule has 7 heteroatoms. The van der Waals surface area contributed by atoms with E-state index in [4.69, 9.17) is 0 Å². The van der Waals surface area contributed by atoms with Crippen molar-refractivity contribution in [3.8, 4) is 0 Å². The van der Waals surface area contributed by atoms with Gasteiger partial charge >= 0.3 is 6.03 Å². The van der Waals surface area contributed by atoms with Crippen molar-refractivity contribution in [2.24, 2.45) is 0 Å². The number of nitrogens with one attached hydrogen (secondary N) is 1. The molecule has 30 heavy (non-hydrogen) atoms. The number of amides is 4. The Kier molecular flexibility index (Phi) is 7.76. The highest BCUT2D eigenvalue weighted by Crippen LogP contribution is 2.37. The third-order valence-corrected chi connectivity index (χ3v) is 5.55. The van der Waals surface area contributed by atoms with E-state index in [2.05, 4.69) is 5.32 Å². The first-order chi connectivity index (χ1) is 13.9. The lowest BCUT2D eigenvalue weighted by Gasteiger charge is -2.42. The molecule has 0 saturated carbocycles. The molecule has 1 fully saturated rings. The normalized spacial score (nSPS) is 20.0. The Bertz CT molecular complexity index is 889. The molecular weight excluding hydrogens is 402 g/mol. The van der Waals surface area contributed by atoms with Crippen LogP contribution in [0.25, 0.3) is 0 Å². The summed E-state index contributed by atoms with van der Waals surface area (Å²) in [6.45, 7) is 2.49. The first kappa shape index (κ1) is 23.6. The lowest BCUT2D eigenvalue weighted by atomic mass is 9.74. The molecule has 2 aromatic carbocycles. The number of benzene rings is 2. The summed E-state index contributed by atoms with van der Waals surface area (Å²) in [5.41, 5.74) is 0.0486. The van der Waals surface area contributed by atoms with Gasteiger partial charge in [-0.2, -0.15) is 0 Å². The van der Waals surface area contributed by atoms with Crippen LogP contribution in [0.3, 0.4) is 0 Å². The molecule has 6 nitrogen and oxygen atoms in total. The van der Waals surface area contributed by atoms with Gasteiger partial charge in [-0.1, -0.05) is 67.6 Å². The molecular formula is C23H28ClN3O3. The Morgan fingerprint density at radius 3 is 2.07 bits per heavy atom. The van der Waals surface area contributed by atoms with Gasteiger partial charge in [0, 0.05) is 0 Å². The average molecular weight is 430 g/mol. The fourth-order valence-electron chi connectivity index (χ4n) is 3.94. The first-order valence-corrected chi connectivity index (χ1v) is 9.86. The van der Waals surface area contributed by atoms with Gasteiger partial charge < -0.3 is 4.90 Å². The van der Waals surface area contributed by atoms with Gasteiger partial charge in [0.2, 0.25) is 5.91 Å². The van der Waals surface area contributed by atoms with Crippen molar-refractivity contribution in [2.45, 2.75) is 31.2 Å². The number of hydrogen-bond donors (Lipinski definition) is 1. The van der Waals surface area contributed by atoms with E-state index < -0.39 is 29.3 Å². The van der Waals surface area contributed by atoms with Crippen LogP contribution in [-0.2, 0) is 15.0 Å². The van der Waals surface area contributed by atoms with Crippen molar-refractivity contribution in [1.29, 1.82) is 0 Å². The van der Waals surface area contributed by atoms with Gasteiger partial charge in [-0.15, -0.1) is 12.4 Å². The molecule has 4 amide bonds. The van der Waals surface area contributed by atoms with E-state index in [1.165, 1.54) is 4.90 Å². The maximum Gasteiger partial charge on any atom is 0.331 e. The molecule has 2 atom stereocenters. The molecule has 1 saturated heterocycles. The smallest absolute Gasteiger partial charge is 0.309 e. The van der Waals surface area contributed by atoms with Crippen LogP contribution in [0.15, 0.2) is 60.7 Å². The third kappa shape index (κ3) is 4.25. The zero-order valence-electron chi connectivity index (χ0n) is 17.5. The standard InChI is InChI=1S/C23H27N3O3.ClH/c1-4-23(18-13-9-6-10-14-18)20(27)24-22(29)26(21(23)28)19(15-16-25(2)3)17-11-7-5-8-12-17;/h5-14,19H,4,15-16H2,1-3H3,(H,24,27,29);1H. The molecule has 0 spiro atoms. The maximum atomic E-state index is 13.8. The molecule has 2 unspecified atom stereocenters. The molecule has 1 aliphatic heterocycles. The SMILES string of the molecule is CCC1(c2ccccc2)C(=O)NC(=O)N(C(CCN(C)C)c2ccccc2)C1=O.Cl. The predicted molar refractivity (Wildman–Crippen MR) is 118 cm³/mol. The molecule has 1 N–H and O–H groups in total. The lowest BCUT2D eigenvalue weighted by molar-refractivity contribution is -0.147. The lowest BCUT2D eigenvalue weighted by Crippen LogP contribution is -2.66. The van der Waals surface area contributed by atoms with Crippen LogP contribution >= 0.6 is 12.4 Å². The van der Waals surface area contributed by atoms with Crippen LogP contribution < -0.4 is 5.32 Å². The van der Waals surface area contributed by atoms with Crippen molar-refractivity contribution >= 4 is 30.3 Å². The van der Waals surface area contributed by atoms with Gasteiger partial charge in [-0.25, -0.2) is 4.79 Å². The second-order valence-corrected chi connectivity index (χ2v) is 7.58. The number of halogens is 1. The minimum absolute atomic E-state index is 0. The van der Waals surface area contributed by atoms with Crippen LogP contribution in [0, 0.1) is 0 Å². The van der Waals surface area contributed by atoms with Gasteiger partial charge in [0.1, 0.15) is 0 Å². The molecule has 0 aromatic heterocycles. The molecule has 1 aliphatic rings. The molecule has 3 rings (SSSR count). The second kappa shape index (κ2) is 9.87. The van der Waals surface area contributed by atoms with Crippen molar-refractivity contribution in [2.75, 3.05) is 20.6 Å². The molecule has 0 aliphatic carbocycles. The van der Waals surface area contributed by atoms with Crippen molar-refractivity contribution in [3.05, 3.63) is 71.8 Å². The number of nitrogens with zero attached hydrogens (tertiary/aromatic N) is 2. The Morgan fingerprint density at radius 2 is 1.53 bits per heavy atom. The summed E-state index contributed by atoms with van der Waals surface area (Å²) in [6.07, 6.45) is 0.833. The Hall–Kier alpha value is -2.70. The first-order valence-electron chi connectivity index (χ1n) is 9.86. The highest BCUT2D eigenvalue weighted by Gasteiger charge is 2.55. The molecule has 0 radical (unpaired) electrons. The van der Waals surface area contributed by atoms with Crippen LogP contribution in [0.1, 0.15) is 36.9 Å². The summed E-state index contributed by atoms with van der Waals surface area (Å²) < 4.78 is 0. The van der Waals surface area contributed by atoms with Crippen LogP contribution in [-0.4, -0.2) is 48.3 Å². The number of carbonyl (C=O) groups excluding carboxylic acids is 3. The second-order valence-electron chi connectivity index (χ2n) is 7.58. The Balaban J connectivity index is 0.00000320. The maximum absolute atomic E-state index is 13.8. The summed E-state index contributed by atoms with van der Waals surface area (Å²) >= 11 is 0. The molecule has 1 heterocycles. The van der Waals surface area contributed by atoms with Crippen LogP contribution in [0.4, 0.5) is 4.79 Å². The summed E-state index contributed by atoms with van der Waals surface area (Å²) in [5, 5.41) is 2.45. The van der Waals surface area contributed by atoms with E-state index >= 15 is 0 Å². The van der Waals surface area contributed by atoms with E-state index in [-0.39, 0.29) is 18.8 Å². The van der Waals surface area contributed by atoms with E-state index in [1.54, 1.807) is 31.2 Å². The van der Waals surface area contributed by atoms with Gasteiger partial charge in [-0.3, -0.25) is 19.8 Å². The fraction of sp³-hybridized carbons (Fsp3) is 0.348. The minimum atomic E-state index is -1.42. The largest absolute Gasteiger partial charge is 0.331 e. The fourth-order valence-corrected chi connectivity index (χ4v) is 3.94. The Morgan fingerprint density at radius 1 is 0.967 bits per heavy atom. The van der Waals surface area contributed by atoms with E-state index in [9.17, 15) is 14.4 Å². The minimum Gasteiger partial charge on any atom is -0.309 e. The highest BCUT2D eigenvalue weighted by molar-refractivity contribution is 6.23. The predicted octanol–water partition coefficient (Wildman–Crippen LogP) is 3.53. The summed E-state index contributed by atoms with van der Waals surface area (Å²) in [6, 6.07) is 17.4. The number of barbiturate groups is 1. The summed E-state index contributed by atoms with van der Waals surface area (Å²) in [5.74, 6) is -1.02. The quantitative estimate of drug-likeness (QED) is 0.683. The summed E-state index contributed by atoms with van der Waals surface area (Å²) in [4.78, 5) is 42.9. The van der Waals surface area contributed by atoms with Gasteiger partial charge in [0.15, 0.2) is 5.41 Å². The van der Waals surface area contributed by atoms with Crippen LogP contribution in [0.2, 0.25) is 0 Å². The van der Waals surface area contributed by atoms with Crippen molar-refractivity contribution < 1.29 is 14.4 Å². The van der Waals surface area contributed by atoms with Gasteiger partial charge in [0.25, 0.3) is 5.91 Å². The third-order valence-electron chi connectivity index (χ3n) is 5.55. The van der Waals surface area contributed by atoms with Crippen molar-refractivity contribution in [1.82, 2.24) is 15.1 Å². The summed E-state index contributed by atoms with van der Waals surface area (Å²) in [7, 11) is 3.90. The van der Waals surface area contributed by atoms with E-state index in [0.717, 1.165) is 5.56 Å². The number of carbonyl (C=O) groups is 3. The number of imide groups is 2. The van der Waals surface area contributed by atoms with E-state index in [0.29, 0.717) is 18.5 Å². The number of rotatable bonds is 7.